The molecular weight excluding hydrogens is 160 g/mol. The van der Waals surface area contributed by atoms with Crippen LogP contribution in [-0.2, 0) is 9.89 Å². The molecule has 0 heterocycles. The quantitative estimate of drug-likeness (QED) is 0.613. The fourth-order valence-corrected chi connectivity index (χ4v) is 1.71. The van der Waals surface area contributed by atoms with Crippen molar-refractivity contribution in [3.63, 3.8) is 0 Å². The highest BCUT2D eigenvalue weighted by Crippen LogP contribution is 2.02. The van der Waals surface area contributed by atoms with E-state index >= 15 is 0 Å². The van der Waals surface area contributed by atoms with E-state index in [1.54, 1.807) is 18.4 Å². The molecule has 11 heavy (non-hydrogen) atoms. The zero-order valence-electron chi connectivity index (χ0n) is 7.97. The van der Waals surface area contributed by atoms with Crippen LogP contribution in [0.1, 0.15) is 20.8 Å². The van der Waals surface area contributed by atoms with Crippen LogP contribution in [0.4, 0.5) is 0 Å². The van der Waals surface area contributed by atoms with Crippen LogP contribution in [0.2, 0.25) is 0 Å². The Bertz CT molecular complexity index is 211. The van der Waals surface area contributed by atoms with E-state index in [0.29, 0.717) is 0 Å². The summed E-state index contributed by atoms with van der Waals surface area (Å²) in [5.41, 5.74) is -0.164. The van der Waals surface area contributed by atoms with Gasteiger partial charge < -0.3 is 0 Å². The van der Waals surface area contributed by atoms with Crippen molar-refractivity contribution in [2.45, 2.75) is 26.3 Å². The third kappa shape index (κ3) is 4.40. The Morgan fingerprint density at radius 2 is 1.73 bits per heavy atom. The molecule has 0 saturated carbocycles. The van der Waals surface area contributed by atoms with Crippen molar-refractivity contribution in [1.29, 1.82) is 0 Å². The van der Waals surface area contributed by atoms with Gasteiger partial charge in [0.05, 0.1) is 9.89 Å². The van der Waals surface area contributed by atoms with E-state index in [2.05, 4.69) is 10.6 Å². The maximum absolute atomic E-state index is 11.6. The molecule has 0 fully saturated rings. The molecule has 3 nitrogen and oxygen atoms in total. The average molecular weight is 178 g/mol. The lowest BCUT2D eigenvalue weighted by atomic mass is 10.1. The van der Waals surface area contributed by atoms with Crippen molar-refractivity contribution in [3.8, 4) is 0 Å². The maximum atomic E-state index is 11.6. The molecule has 1 unspecified atom stereocenters. The van der Waals surface area contributed by atoms with Gasteiger partial charge in [0.1, 0.15) is 0 Å². The van der Waals surface area contributed by atoms with E-state index in [1.165, 1.54) is 0 Å². The summed E-state index contributed by atoms with van der Waals surface area (Å²) in [6.07, 6.45) is 0. The van der Waals surface area contributed by atoms with Crippen molar-refractivity contribution in [2.24, 2.45) is 0 Å². The van der Waals surface area contributed by atoms with Crippen molar-refractivity contribution >= 4 is 15.8 Å². The van der Waals surface area contributed by atoms with Crippen molar-refractivity contribution < 1.29 is 4.21 Å². The van der Waals surface area contributed by atoms with Gasteiger partial charge in [-0.25, -0.2) is 13.2 Å². The minimum absolute atomic E-state index is 0.164. The Morgan fingerprint density at radius 3 is 1.82 bits per heavy atom. The molecule has 1 N–H and O–H groups in total. The second-order valence-corrected chi connectivity index (χ2v) is 6.02. The number of hydrogen-bond acceptors (Lipinski definition) is 1. The number of rotatable bonds is 2. The lowest BCUT2D eigenvalue weighted by Gasteiger charge is -2.27. The van der Waals surface area contributed by atoms with Crippen LogP contribution >= 0.6 is 0 Å². The molecule has 4 heteroatoms. The lowest BCUT2D eigenvalue weighted by Crippen LogP contribution is -2.46. The molecule has 0 aliphatic carbocycles. The van der Waals surface area contributed by atoms with E-state index in [0.717, 1.165) is 0 Å². The molecule has 0 aliphatic rings. The molecule has 0 saturated heterocycles. The summed E-state index contributed by atoms with van der Waals surface area (Å²) in [5.74, 6) is 3.60. The van der Waals surface area contributed by atoms with E-state index in [1.807, 2.05) is 20.8 Å². The minimum Gasteiger partial charge on any atom is -0.237 e. The van der Waals surface area contributed by atoms with Crippen LogP contribution in [0.5, 0.6) is 0 Å². The summed E-state index contributed by atoms with van der Waals surface area (Å²) in [4.78, 5) is 0. The lowest BCUT2D eigenvalue weighted by molar-refractivity contribution is 0.492. The standard InChI is InChI=1S/C7H18N2OS/c1-7(2,3)8-11(6,10)9(4)5/h6H2,1-5H3,(H,8,10). The molecular formula is C7H18N2OS. The van der Waals surface area contributed by atoms with Crippen LogP contribution in [0.25, 0.3) is 0 Å². The molecule has 0 aromatic carbocycles. The minimum atomic E-state index is -2.27. The summed E-state index contributed by atoms with van der Waals surface area (Å²) < 4.78 is 16.1. The molecule has 0 rings (SSSR count). The zero-order chi connectivity index (χ0) is 9.28. The monoisotopic (exact) mass is 178 g/mol. The summed E-state index contributed by atoms with van der Waals surface area (Å²) in [5, 5.41) is 0. The van der Waals surface area contributed by atoms with Gasteiger partial charge in [0.25, 0.3) is 0 Å². The van der Waals surface area contributed by atoms with Gasteiger partial charge in [-0.05, 0) is 26.6 Å². The van der Waals surface area contributed by atoms with Crippen molar-refractivity contribution in [1.82, 2.24) is 9.03 Å². The number of nitrogens with one attached hydrogen (secondary N) is 1. The predicted octanol–water partition coefficient (Wildman–Crippen LogP) is 0.482. The normalized spacial score (nSPS) is 18.4. The number of hydrogen-bond donors (Lipinski definition) is 1. The Kier molecular flexibility index (Phi) is 3.11. The van der Waals surface area contributed by atoms with Gasteiger partial charge >= 0.3 is 0 Å². The summed E-state index contributed by atoms with van der Waals surface area (Å²) in [6.45, 7) is 5.88. The first-order chi connectivity index (χ1) is 4.65. The second-order valence-electron chi connectivity index (χ2n) is 3.80. The van der Waals surface area contributed by atoms with Gasteiger partial charge in [-0.3, -0.25) is 0 Å². The molecule has 0 radical (unpaired) electrons. The van der Waals surface area contributed by atoms with Crippen LogP contribution in [0.15, 0.2) is 0 Å². The highest BCUT2D eigenvalue weighted by atomic mass is 32.2. The third-order valence-electron chi connectivity index (χ3n) is 1.06. The summed E-state index contributed by atoms with van der Waals surface area (Å²) in [7, 11) is 1.22. The summed E-state index contributed by atoms with van der Waals surface area (Å²) >= 11 is 0. The number of nitrogens with zero attached hydrogens (tertiary/aromatic N) is 1. The van der Waals surface area contributed by atoms with Gasteiger partial charge in [0.15, 0.2) is 0 Å². The van der Waals surface area contributed by atoms with Gasteiger partial charge in [-0.2, -0.15) is 0 Å². The van der Waals surface area contributed by atoms with E-state index in [4.69, 9.17) is 0 Å². The average Bonchev–Trinajstić information content (AvgIpc) is 1.56. The van der Waals surface area contributed by atoms with Gasteiger partial charge in [0, 0.05) is 19.6 Å². The second kappa shape index (κ2) is 3.13. The van der Waals surface area contributed by atoms with E-state index in [9.17, 15) is 4.21 Å². The van der Waals surface area contributed by atoms with E-state index in [-0.39, 0.29) is 5.54 Å². The first kappa shape index (κ1) is 10.9. The molecule has 0 aromatic heterocycles. The fraction of sp³-hybridized carbons (Fsp3) is 0.857. The topological polar surface area (TPSA) is 32.3 Å². The Hall–Kier alpha value is -0.0600. The summed E-state index contributed by atoms with van der Waals surface area (Å²) in [6, 6.07) is 0. The first-order valence-electron chi connectivity index (χ1n) is 3.49. The van der Waals surface area contributed by atoms with Gasteiger partial charge in [0.2, 0.25) is 0 Å². The van der Waals surface area contributed by atoms with Crippen LogP contribution in [-0.4, -0.2) is 34.0 Å². The molecule has 0 aliphatic heterocycles. The molecule has 1 atom stereocenters. The molecule has 68 valence electrons. The maximum Gasteiger partial charge on any atom is 0.0876 e. The Morgan fingerprint density at radius 1 is 1.36 bits per heavy atom. The molecule has 0 amide bonds. The molecule has 0 bridgehead atoms. The Labute approximate surface area is 70.1 Å². The largest absolute Gasteiger partial charge is 0.237 e. The van der Waals surface area contributed by atoms with Gasteiger partial charge in [-0.15, -0.1) is 0 Å². The van der Waals surface area contributed by atoms with Crippen molar-refractivity contribution in [2.75, 3.05) is 14.1 Å². The highest BCUT2D eigenvalue weighted by Gasteiger charge is 2.16. The fourth-order valence-electron chi connectivity index (χ4n) is 0.570. The predicted molar refractivity (Wildman–Crippen MR) is 51.8 cm³/mol. The first-order valence-corrected chi connectivity index (χ1v) is 5.17. The smallest absolute Gasteiger partial charge is 0.0876 e. The third-order valence-corrected chi connectivity index (χ3v) is 3.17. The SMILES string of the molecule is C=S(=O)(NC(C)(C)C)N(C)C. The molecule has 0 spiro atoms. The highest BCUT2D eigenvalue weighted by molar-refractivity contribution is 7.96. The molecule has 0 aromatic rings. The van der Waals surface area contributed by atoms with E-state index < -0.39 is 9.89 Å². The van der Waals surface area contributed by atoms with Gasteiger partial charge in [-0.1, -0.05) is 0 Å². The van der Waals surface area contributed by atoms with Crippen LogP contribution < -0.4 is 4.72 Å². The van der Waals surface area contributed by atoms with Crippen LogP contribution in [0.3, 0.4) is 0 Å². The Balaban J connectivity index is 4.40. The zero-order valence-corrected chi connectivity index (χ0v) is 8.79. The van der Waals surface area contributed by atoms with Crippen molar-refractivity contribution in [3.05, 3.63) is 0 Å². The van der Waals surface area contributed by atoms with Crippen LogP contribution in [0, 0.1) is 0 Å².